The van der Waals surface area contributed by atoms with E-state index in [0.29, 0.717) is 18.4 Å². The summed E-state index contributed by atoms with van der Waals surface area (Å²) in [4.78, 5) is 22.9. The molecule has 0 saturated heterocycles. The molecule has 1 aromatic carbocycles. The zero-order chi connectivity index (χ0) is 17.3. The second kappa shape index (κ2) is 6.11. The number of nitrogens with zero attached hydrogens (tertiary/aromatic N) is 1. The topological polar surface area (TPSA) is 89.7 Å². The van der Waals surface area contributed by atoms with E-state index in [4.69, 9.17) is 4.74 Å². The van der Waals surface area contributed by atoms with Crippen molar-refractivity contribution in [1.82, 2.24) is 0 Å². The molecule has 1 aliphatic heterocycles. The van der Waals surface area contributed by atoms with E-state index in [9.17, 15) is 20.0 Å². The smallest absolute Gasteiger partial charge is 0.339 e. The largest absolute Gasteiger partial charge is 0.507 e. The molecule has 0 radical (unpaired) electrons. The number of aliphatic hydroxyl groups excluding tert-OH is 1. The number of ether oxygens (including phenoxy) is 1. The zero-order valence-corrected chi connectivity index (χ0v) is 13.2. The first-order valence-electron chi connectivity index (χ1n) is 8.02. The van der Waals surface area contributed by atoms with Gasteiger partial charge in [0, 0.05) is 18.1 Å². The zero-order valence-electron chi connectivity index (χ0n) is 13.2. The van der Waals surface area contributed by atoms with Crippen LogP contribution in [0, 0.1) is 10.1 Å². The lowest BCUT2D eigenvalue weighted by molar-refractivity contribution is -0.384. The van der Waals surface area contributed by atoms with Gasteiger partial charge in [-0.25, -0.2) is 4.79 Å². The molecule has 24 heavy (non-hydrogen) atoms. The second-order valence-electron chi connectivity index (χ2n) is 6.27. The highest BCUT2D eigenvalue weighted by molar-refractivity contribution is 5.94. The minimum absolute atomic E-state index is 0.0383. The lowest BCUT2D eigenvalue weighted by atomic mass is 9.81. The summed E-state index contributed by atoms with van der Waals surface area (Å²) in [5, 5.41) is 21.7. The number of nitro groups is 1. The number of carbonyl (C=O) groups excluding carboxylic acids is 1. The Balaban J connectivity index is 2.04. The van der Waals surface area contributed by atoms with Crippen LogP contribution in [0.5, 0.6) is 0 Å². The molecule has 126 valence electrons. The Labute approximate surface area is 139 Å². The van der Waals surface area contributed by atoms with Crippen molar-refractivity contribution in [3.63, 3.8) is 0 Å². The van der Waals surface area contributed by atoms with Crippen molar-refractivity contribution >= 4 is 11.7 Å². The van der Waals surface area contributed by atoms with Crippen LogP contribution in [-0.4, -0.2) is 21.6 Å². The lowest BCUT2D eigenvalue weighted by Crippen LogP contribution is -2.34. The van der Waals surface area contributed by atoms with Crippen LogP contribution in [0.1, 0.15) is 43.6 Å². The summed E-state index contributed by atoms with van der Waals surface area (Å²) in [5.41, 5.74) is -0.316. The summed E-state index contributed by atoms with van der Waals surface area (Å²) >= 11 is 0. The van der Waals surface area contributed by atoms with Crippen molar-refractivity contribution in [2.24, 2.45) is 0 Å². The monoisotopic (exact) mass is 329 g/mol. The molecule has 6 nitrogen and oxygen atoms in total. The minimum Gasteiger partial charge on any atom is -0.507 e. The maximum absolute atomic E-state index is 12.4. The molecule has 1 aliphatic carbocycles. The van der Waals surface area contributed by atoms with Crippen LogP contribution in [-0.2, 0) is 9.53 Å². The van der Waals surface area contributed by atoms with E-state index in [1.54, 1.807) is 12.1 Å². The molecule has 1 spiro atoms. The van der Waals surface area contributed by atoms with Gasteiger partial charge in [-0.1, -0.05) is 24.6 Å². The Kier molecular flexibility index (Phi) is 4.13. The van der Waals surface area contributed by atoms with E-state index in [1.807, 2.05) is 0 Å². The minimum atomic E-state index is -0.924. The Hall–Kier alpha value is -2.63. The SMILES string of the molecule is C=CC(C1=C(O)C2(CCCCC2)OC1=O)c1cccc([N+](=O)[O-])c1. The summed E-state index contributed by atoms with van der Waals surface area (Å²) in [5.74, 6) is -1.24. The van der Waals surface area contributed by atoms with Gasteiger partial charge in [-0.3, -0.25) is 10.1 Å². The lowest BCUT2D eigenvalue weighted by Gasteiger charge is -2.31. The van der Waals surface area contributed by atoms with Crippen molar-refractivity contribution in [3.8, 4) is 0 Å². The number of non-ortho nitro benzene ring substituents is 1. The van der Waals surface area contributed by atoms with Gasteiger partial charge in [-0.15, -0.1) is 6.58 Å². The number of allylic oxidation sites excluding steroid dienone is 1. The normalized spacial score (nSPS) is 20.8. The van der Waals surface area contributed by atoms with E-state index >= 15 is 0 Å². The van der Waals surface area contributed by atoms with Gasteiger partial charge in [-0.05, 0) is 31.2 Å². The van der Waals surface area contributed by atoms with Crippen molar-refractivity contribution in [1.29, 1.82) is 0 Å². The summed E-state index contributed by atoms with van der Waals surface area (Å²) in [7, 11) is 0. The highest BCUT2D eigenvalue weighted by Gasteiger charge is 2.50. The Bertz CT molecular complexity index is 731. The first-order chi connectivity index (χ1) is 11.5. The van der Waals surface area contributed by atoms with Crippen LogP contribution in [0.15, 0.2) is 48.3 Å². The molecular formula is C18H19NO5. The molecule has 1 aromatic rings. The Morgan fingerprint density at radius 1 is 1.33 bits per heavy atom. The van der Waals surface area contributed by atoms with Gasteiger partial charge in [0.25, 0.3) is 5.69 Å². The average Bonchev–Trinajstić information content (AvgIpc) is 2.81. The van der Waals surface area contributed by atoms with Crippen molar-refractivity contribution in [2.45, 2.75) is 43.6 Å². The molecule has 2 aliphatic rings. The van der Waals surface area contributed by atoms with Gasteiger partial charge in [0.15, 0.2) is 5.60 Å². The second-order valence-corrected chi connectivity index (χ2v) is 6.27. The fourth-order valence-electron chi connectivity index (χ4n) is 3.61. The van der Waals surface area contributed by atoms with Crippen LogP contribution in [0.25, 0.3) is 0 Å². The molecule has 1 unspecified atom stereocenters. The molecule has 1 fully saturated rings. The molecule has 1 saturated carbocycles. The standard InChI is InChI=1S/C18H19NO5/c1-2-14(12-7-6-8-13(11-12)19(22)23)15-16(20)18(24-17(15)21)9-4-3-5-10-18/h2,6-8,11,14,20H,1,3-5,9-10H2. The van der Waals surface area contributed by atoms with Crippen LogP contribution in [0.4, 0.5) is 5.69 Å². The summed E-state index contributed by atoms with van der Waals surface area (Å²) in [6.07, 6.45) is 5.55. The molecule has 0 aromatic heterocycles. The number of hydrogen-bond donors (Lipinski definition) is 1. The van der Waals surface area contributed by atoms with Gasteiger partial charge >= 0.3 is 5.97 Å². The van der Waals surface area contributed by atoms with Crippen molar-refractivity contribution in [2.75, 3.05) is 0 Å². The van der Waals surface area contributed by atoms with Gasteiger partial charge in [-0.2, -0.15) is 0 Å². The van der Waals surface area contributed by atoms with Crippen LogP contribution in [0.3, 0.4) is 0 Å². The fraction of sp³-hybridized carbons (Fsp3) is 0.389. The predicted molar refractivity (Wildman–Crippen MR) is 87.6 cm³/mol. The fourth-order valence-corrected chi connectivity index (χ4v) is 3.61. The molecule has 1 atom stereocenters. The maximum atomic E-state index is 12.4. The number of hydrogen-bond acceptors (Lipinski definition) is 5. The van der Waals surface area contributed by atoms with Crippen LogP contribution >= 0.6 is 0 Å². The molecular weight excluding hydrogens is 310 g/mol. The van der Waals surface area contributed by atoms with E-state index in [0.717, 1.165) is 19.3 Å². The number of carbonyl (C=O) groups is 1. The number of esters is 1. The molecule has 1 heterocycles. The Morgan fingerprint density at radius 3 is 2.67 bits per heavy atom. The number of nitro benzene ring substituents is 1. The van der Waals surface area contributed by atoms with E-state index < -0.39 is 22.4 Å². The number of aliphatic hydroxyl groups is 1. The summed E-state index contributed by atoms with van der Waals surface area (Å²) in [6, 6.07) is 6.01. The molecule has 3 rings (SSSR count). The third-order valence-electron chi connectivity index (χ3n) is 4.84. The van der Waals surface area contributed by atoms with Crippen LogP contribution in [0.2, 0.25) is 0 Å². The third kappa shape index (κ3) is 2.58. The van der Waals surface area contributed by atoms with Gasteiger partial charge in [0.05, 0.1) is 10.5 Å². The molecule has 6 heteroatoms. The van der Waals surface area contributed by atoms with E-state index in [2.05, 4.69) is 6.58 Å². The number of benzene rings is 1. The van der Waals surface area contributed by atoms with Crippen molar-refractivity contribution < 1.29 is 19.6 Å². The van der Waals surface area contributed by atoms with Gasteiger partial charge < -0.3 is 9.84 Å². The predicted octanol–water partition coefficient (Wildman–Crippen LogP) is 3.94. The summed E-state index contributed by atoms with van der Waals surface area (Å²) in [6.45, 7) is 3.74. The van der Waals surface area contributed by atoms with Gasteiger partial charge in [0.1, 0.15) is 5.76 Å². The van der Waals surface area contributed by atoms with E-state index in [1.165, 1.54) is 18.2 Å². The quantitative estimate of drug-likeness (QED) is 0.391. The van der Waals surface area contributed by atoms with Crippen LogP contribution < -0.4 is 0 Å². The molecule has 0 amide bonds. The highest BCUT2D eigenvalue weighted by Crippen LogP contribution is 2.46. The first kappa shape index (κ1) is 16.2. The Morgan fingerprint density at radius 2 is 2.04 bits per heavy atom. The van der Waals surface area contributed by atoms with E-state index in [-0.39, 0.29) is 17.0 Å². The summed E-state index contributed by atoms with van der Waals surface area (Å²) < 4.78 is 5.55. The third-order valence-corrected chi connectivity index (χ3v) is 4.84. The molecule has 0 bridgehead atoms. The number of rotatable bonds is 4. The van der Waals surface area contributed by atoms with Crippen molar-refractivity contribution in [3.05, 3.63) is 63.9 Å². The highest BCUT2D eigenvalue weighted by atomic mass is 16.6. The average molecular weight is 329 g/mol. The maximum Gasteiger partial charge on any atom is 0.339 e. The molecule has 1 N–H and O–H groups in total. The first-order valence-corrected chi connectivity index (χ1v) is 8.02. The van der Waals surface area contributed by atoms with Gasteiger partial charge in [0.2, 0.25) is 0 Å².